The van der Waals surface area contributed by atoms with Crippen LogP contribution in [0.4, 0.5) is 0 Å². The monoisotopic (exact) mass is 878 g/mol. The first kappa shape index (κ1) is 42.3. The van der Waals surface area contributed by atoms with Gasteiger partial charge in [0.1, 0.15) is 11.5 Å². The Hall–Kier alpha value is -8.69. The van der Waals surface area contributed by atoms with Gasteiger partial charge in [-0.1, -0.05) is 133 Å². The minimum atomic E-state index is -0.262. The van der Waals surface area contributed by atoms with E-state index in [1.807, 2.05) is 103 Å². The molecule has 0 aliphatic heterocycles. The summed E-state index contributed by atoms with van der Waals surface area (Å²) >= 11 is 0. The number of hydrogen-bond donors (Lipinski definition) is 1. The molecular weight excluding hydrogens is 833 g/mol. The van der Waals surface area contributed by atoms with Crippen molar-refractivity contribution in [3.8, 4) is 34.3 Å². The van der Waals surface area contributed by atoms with E-state index in [-0.39, 0.29) is 18.2 Å². The van der Waals surface area contributed by atoms with Crippen LogP contribution in [-0.4, -0.2) is 46.6 Å². The van der Waals surface area contributed by atoms with Crippen LogP contribution in [0, 0.1) is 0 Å². The first-order valence-corrected chi connectivity index (χ1v) is 22.1. The fraction of sp³-hybridized carbons (Fsp3) is 0.0862. The zero-order valence-corrected chi connectivity index (χ0v) is 37.1. The van der Waals surface area contributed by atoms with Gasteiger partial charge in [-0.15, -0.1) is 0 Å². The van der Waals surface area contributed by atoms with Crippen LogP contribution in [0.25, 0.3) is 66.1 Å². The van der Waals surface area contributed by atoms with Crippen LogP contribution in [0.3, 0.4) is 0 Å². The number of oxazole rings is 1. The largest absolute Gasteiger partial charge is 0.497 e. The van der Waals surface area contributed by atoms with Crippen LogP contribution in [0.2, 0.25) is 0 Å². The lowest BCUT2D eigenvalue weighted by Crippen LogP contribution is -2.29. The maximum absolute atomic E-state index is 13.1. The van der Waals surface area contributed by atoms with Gasteiger partial charge < -0.3 is 28.3 Å². The molecule has 0 spiro atoms. The summed E-state index contributed by atoms with van der Waals surface area (Å²) in [5.41, 5.74) is 7.67. The summed E-state index contributed by atoms with van der Waals surface area (Å²) in [4.78, 5) is 30.5. The number of nitrogens with one attached hydrogen (secondary N) is 1. The Morgan fingerprint density at radius 3 is 1.76 bits per heavy atom. The molecule has 3 aromatic heterocycles. The number of hydrogen-bond acceptors (Lipinski definition) is 6. The number of methoxy groups -OCH3 is 2. The second kappa shape index (κ2) is 18.8. The van der Waals surface area contributed by atoms with Crippen LogP contribution in [-0.2, 0) is 13.1 Å². The fourth-order valence-electron chi connectivity index (χ4n) is 8.59. The van der Waals surface area contributed by atoms with Crippen molar-refractivity contribution < 1.29 is 23.5 Å². The number of amides is 1. The lowest BCUT2D eigenvalue weighted by molar-refractivity contribution is 0.0905. The number of ketones is 1. The summed E-state index contributed by atoms with van der Waals surface area (Å²) in [5, 5.41) is 9.00. The summed E-state index contributed by atoms with van der Waals surface area (Å²) in [6, 6.07) is 60.4. The average molecular weight is 879 g/mol. The Kier molecular flexibility index (Phi) is 11.9. The number of benzene rings is 8. The second-order valence-corrected chi connectivity index (χ2v) is 16.3. The summed E-state index contributed by atoms with van der Waals surface area (Å²) in [5.74, 6) is 2.60. The normalized spacial score (nSPS) is 11.1. The first-order chi connectivity index (χ1) is 32.9. The van der Waals surface area contributed by atoms with E-state index in [0.29, 0.717) is 23.6 Å². The molecule has 9 heteroatoms. The molecule has 0 aliphatic rings. The Balaban J connectivity index is 0.000000157. The van der Waals surface area contributed by atoms with Gasteiger partial charge in [-0.05, 0) is 81.2 Å². The molecule has 9 nitrogen and oxygen atoms in total. The highest BCUT2D eigenvalue weighted by atomic mass is 16.5. The molecule has 0 atom stereocenters. The van der Waals surface area contributed by atoms with E-state index in [9.17, 15) is 9.59 Å². The standard InChI is InChI=1S/C29H24N2O3.C29H22N2O2/c1-34-24-14-13-21-15-23(12-11-22(21)16-24)28(32)17-30-29(33)26-19-31(18-20-7-3-2-4-8-20)27-10-6-5-9-25(26)27;1-32-24-14-13-21-15-23(12-11-22(21)16-24)28-17-30-29(33-28)26-19-31(18-20-7-3-2-4-8-20)27-10-6-5-9-25(26)27/h2-16,19H,17-18H2,1H3,(H,30,33);2-17,19H,18H2,1H3. The van der Waals surface area contributed by atoms with Crippen molar-refractivity contribution in [2.75, 3.05) is 20.8 Å². The van der Waals surface area contributed by atoms with Gasteiger partial charge in [0, 0.05) is 58.4 Å². The highest BCUT2D eigenvalue weighted by Gasteiger charge is 2.18. The smallest absolute Gasteiger partial charge is 0.253 e. The van der Waals surface area contributed by atoms with Gasteiger partial charge in [-0.2, -0.15) is 0 Å². The number of Topliss-reactive ketones (excluding diaryl/α,β-unsaturated/α-hetero) is 1. The van der Waals surface area contributed by atoms with E-state index < -0.39 is 0 Å². The van der Waals surface area contributed by atoms with Gasteiger partial charge in [0.05, 0.1) is 38.1 Å². The summed E-state index contributed by atoms with van der Waals surface area (Å²) in [6.45, 7) is 1.39. The molecule has 1 amide bonds. The van der Waals surface area contributed by atoms with Crippen molar-refractivity contribution in [3.63, 3.8) is 0 Å². The maximum atomic E-state index is 13.1. The van der Waals surface area contributed by atoms with Gasteiger partial charge in [0.25, 0.3) is 5.91 Å². The molecule has 1 N–H and O–H groups in total. The number of rotatable bonds is 12. The van der Waals surface area contributed by atoms with Crippen molar-refractivity contribution in [3.05, 3.63) is 223 Å². The summed E-state index contributed by atoms with van der Waals surface area (Å²) in [7, 11) is 3.31. The Bertz CT molecular complexity index is 3550. The first-order valence-electron chi connectivity index (χ1n) is 22.1. The Labute approximate surface area is 387 Å². The minimum absolute atomic E-state index is 0.0707. The van der Waals surface area contributed by atoms with E-state index in [0.717, 1.165) is 83.8 Å². The van der Waals surface area contributed by atoms with E-state index in [1.165, 1.54) is 5.56 Å². The molecule has 328 valence electrons. The van der Waals surface area contributed by atoms with Crippen molar-refractivity contribution in [1.82, 2.24) is 19.4 Å². The molecule has 0 saturated carbocycles. The summed E-state index contributed by atoms with van der Waals surface area (Å²) < 4.78 is 21.2. The van der Waals surface area contributed by atoms with Gasteiger partial charge in [0.2, 0.25) is 5.89 Å². The van der Waals surface area contributed by atoms with Crippen molar-refractivity contribution in [2.45, 2.75) is 13.1 Å². The van der Waals surface area contributed by atoms with Crippen molar-refractivity contribution in [1.29, 1.82) is 0 Å². The van der Waals surface area contributed by atoms with Crippen LogP contribution in [0.1, 0.15) is 31.8 Å². The number of aromatic nitrogens is 3. The molecule has 8 aromatic carbocycles. The van der Waals surface area contributed by atoms with Crippen molar-refractivity contribution in [2.24, 2.45) is 0 Å². The zero-order valence-electron chi connectivity index (χ0n) is 37.1. The topological polar surface area (TPSA) is 101 Å². The van der Waals surface area contributed by atoms with Crippen LogP contribution in [0.5, 0.6) is 11.5 Å². The molecule has 67 heavy (non-hydrogen) atoms. The number of carbonyl (C=O) groups excluding carboxylic acids is 2. The van der Waals surface area contributed by atoms with Crippen molar-refractivity contribution >= 4 is 55.0 Å². The second-order valence-electron chi connectivity index (χ2n) is 16.3. The third kappa shape index (κ3) is 9.03. The average Bonchev–Trinajstić information content (AvgIpc) is 4.12. The molecule has 0 radical (unpaired) electrons. The van der Waals surface area contributed by atoms with Gasteiger partial charge in [-0.3, -0.25) is 9.59 Å². The zero-order chi connectivity index (χ0) is 45.7. The molecule has 0 fully saturated rings. The Morgan fingerprint density at radius 2 is 1.10 bits per heavy atom. The van der Waals surface area contributed by atoms with Gasteiger partial charge in [-0.25, -0.2) is 4.98 Å². The third-order valence-electron chi connectivity index (χ3n) is 12.1. The van der Waals surface area contributed by atoms with Crippen LogP contribution >= 0.6 is 0 Å². The SMILES string of the molecule is COc1ccc2cc(-c3cnc(-c4cn(Cc5ccccc5)c5ccccc45)o3)ccc2c1.COc1ccc2cc(C(=O)CNC(=O)c3cn(Cc4ccccc4)c4ccccc34)ccc2c1. The molecule has 0 saturated heterocycles. The van der Waals surface area contributed by atoms with E-state index in [4.69, 9.17) is 13.9 Å². The predicted octanol–water partition coefficient (Wildman–Crippen LogP) is 12.6. The molecule has 0 aliphatic carbocycles. The van der Waals surface area contributed by atoms with Crippen LogP contribution in [0.15, 0.2) is 205 Å². The Morgan fingerprint density at radius 1 is 0.567 bits per heavy atom. The number of ether oxygens (including phenoxy) is 2. The highest BCUT2D eigenvalue weighted by Crippen LogP contribution is 2.34. The number of nitrogens with zero attached hydrogens (tertiary/aromatic N) is 3. The van der Waals surface area contributed by atoms with Crippen LogP contribution < -0.4 is 14.8 Å². The van der Waals surface area contributed by atoms with E-state index in [2.05, 4.69) is 111 Å². The number of para-hydroxylation sites is 2. The highest BCUT2D eigenvalue weighted by molar-refractivity contribution is 6.09. The lowest BCUT2D eigenvalue weighted by atomic mass is 10.0. The molecule has 0 bridgehead atoms. The van der Waals surface area contributed by atoms with Gasteiger partial charge >= 0.3 is 0 Å². The fourth-order valence-corrected chi connectivity index (χ4v) is 8.59. The quantitative estimate of drug-likeness (QED) is 0.123. The lowest BCUT2D eigenvalue weighted by Gasteiger charge is -2.07. The molecule has 3 heterocycles. The molecule has 11 aromatic rings. The van der Waals surface area contributed by atoms with Gasteiger partial charge in [0.15, 0.2) is 11.5 Å². The number of fused-ring (bicyclic) bond motifs is 4. The maximum Gasteiger partial charge on any atom is 0.253 e. The van der Waals surface area contributed by atoms with E-state index >= 15 is 0 Å². The molecule has 11 rings (SSSR count). The van der Waals surface area contributed by atoms with E-state index in [1.54, 1.807) is 20.3 Å². The summed E-state index contributed by atoms with van der Waals surface area (Å²) in [6.07, 6.45) is 5.81. The predicted molar refractivity (Wildman–Crippen MR) is 267 cm³/mol. The third-order valence-corrected chi connectivity index (χ3v) is 12.1. The number of carbonyl (C=O) groups is 2. The minimum Gasteiger partial charge on any atom is -0.497 e. The molecule has 0 unspecified atom stereocenters. The molecular formula is C58H46N4O5.